The van der Waals surface area contributed by atoms with Crippen LogP contribution < -0.4 is 0 Å². The van der Waals surface area contributed by atoms with E-state index >= 15 is 0 Å². The molecule has 128 valence electrons. The van der Waals surface area contributed by atoms with Crippen LogP contribution in [0.4, 0.5) is 48.0 Å². The van der Waals surface area contributed by atoms with Crippen molar-refractivity contribution in [2.75, 3.05) is 0 Å². The van der Waals surface area contributed by atoms with Gasteiger partial charge in [0.05, 0.1) is 0 Å². The molecule has 0 aromatic heterocycles. The highest BCUT2D eigenvalue weighted by molar-refractivity contribution is 6.69. The molecule has 0 aliphatic heterocycles. The summed E-state index contributed by atoms with van der Waals surface area (Å²) in [6, 6.07) is -3.52. The average Bonchev–Trinajstić information content (AvgIpc) is 2.11. The molecule has 1 nitrogen and oxygen atoms in total. The van der Waals surface area contributed by atoms with E-state index in [0.29, 0.717) is 0 Å². The Hall–Kier alpha value is -1.01. The highest BCUT2D eigenvalue weighted by Crippen LogP contribution is 2.48. The topological polar surface area (TPSA) is 9.23 Å². The van der Waals surface area contributed by atoms with Gasteiger partial charge in [-0.2, -0.15) is 43.9 Å². The lowest BCUT2D eigenvalue weighted by Crippen LogP contribution is -2.53. The fourth-order valence-electron chi connectivity index (χ4n) is 0.380. The molecule has 0 aromatic carbocycles. The zero-order valence-electron chi connectivity index (χ0n) is 10.6. The molecule has 0 aliphatic rings. The second kappa shape index (κ2) is 6.83. The van der Waals surface area contributed by atoms with Crippen molar-refractivity contribution in [2.24, 2.45) is 0 Å². The standard InChI is InChI=1S/C5F10O.C3H9FSi/c6-1(7)2(8)16-5(14,15)3(9,10)4(11,12)13;1-5(2,3)4/h;1-3H3. The van der Waals surface area contributed by atoms with Crippen LogP contribution in [0.5, 0.6) is 0 Å². The molecule has 0 bridgehead atoms. The molecule has 0 rings (SSSR count). The second-order valence-corrected chi connectivity index (χ2v) is 8.43. The van der Waals surface area contributed by atoms with Crippen molar-refractivity contribution in [3.8, 4) is 0 Å². The maximum absolute atomic E-state index is 12.0. The quantitative estimate of drug-likeness (QED) is 0.275. The molecule has 13 heteroatoms. The number of halogens is 11. The van der Waals surface area contributed by atoms with E-state index in [0.717, 1.165) is 0 Å². The fraction of sp³-hybridized carbons (Fsp3) is 0.750. The largest absolute Gasteiger partial charge is 0.476 e. The lowest BCUT2D eigenvalue weighted by molar-refractivity contribution is -0.419. The van der Waals surface area contributed by atoms with Crippen molar-refractivity contribution in [3.05, 3.63) is 12.1 Å². The first-order valence-electron chi connectivity index (χ1n) is 4.74. The third-order valence-corrected chi connectivity index (χ3v) is 1.09. The van der Waals surface area contributed by atoms with Crippen LogP contribution in [0, 0.1) is 0 Å². The molecule has 0 saturated carbocycles. The zero-order chi connectivity index (χ0) is 17.9. The Bertz CT molecular complexity index is 357. The first-order chi connectivity index (χ1) is 8.83. The van der Waals surface area contributed by atoms with E-state index < -0.39 is 38.7 Å². The summed E-state index contributed by atoms with van der Waals surface area (Å²) in [6.07, 6.45) is -16.9. The molecule has 0 saturated heterocycles. The van der Waals surface area contributed by atoms with Crippen LogP contribution in [0.25, 0.3) is 0 Å². The van der Waals surface area contributed by atoms with Crippen LogP contribution in [0.1, 0.15) is 0 Å². The molecule has 0 N–H and O–H groups in total. The van der Waals surface area contributed by atoms with Crippen molar-refractivity contribution in [2.45, 2.75) is 37.8 Å². The molecule has 0 spiro atoms. The van der Waals surface area contributed by atoms with Crippen LogP contribution in [-0.4, -0.2) is 26.6 Å². The van der Waals surface area contributed by atoms with Crippen molar-refractivity contribution in [1.29, 1.82) is 0 Å². The van der Waals surface area contributed by atoms with Crippen LogP contribution >= 0.6 is 0 Å². The smallest absolute Gasteiger partial charge is 0.397 e. The Balaban J connectivity index is 0. The van der Waals surface area contributed by atoms with E-state index in [2.05, 4.69) is 0 Å². The Kier molecular flexibility index (Phi) is 7.24. The predicted octanol–water partition coefficient (Wildman–Crippen LogP) is 5.62. The molecule has 0 aliphatic carbocycles. The Morgan fingerprint density at radius 3 is 1.29 bits per heavy atom. The van der Waals surface area contributed by atoms with Gasteiger partial charge in [0.2, 0.25) is 8.41 Å². The number of hydrogen-bond donors (Lipinski definition) is 0. The lowest BCUT2D eigenvalue weighted by atomic mass is 10.3. The Labute approximate surface area is 112 Å². The van der Waals surface area contributed by atoms with Gasteiger partial charge in [-0.1, -0.05) is 0 Å². The minimum Gasteiger partial charge on any atom is -0.397 e. The highest BCUT2D eigenvalue weighted by atomic mass is 28.4. The summed E-state index contributed by atoms with van der Waals surface area (Å²) in [5, 5.41) is 0. The molecular formula is C8H9F11OSi. The van der Waals surface area contributed by atoms with Crippen LogP contribution in [0.15, 0.2) is 12.1 Å². The van der Waals surface area contributed by atoms with Crippen molar-refractivity contribution < 1.29 is 52.7 Å². The molecule has 0 unspecified atom stereocenters. The van der Waals surface area contributed by atoms with Crippen LogP contribution in [-0.2, 0) is 4.74 Å². The van der Waals surface area contributed by atoms with E-state index in [-0.39, 0.29) is 0 Å². The molecule has 0 aromatic rings. The third kappa shape index (κ3) is 8.11. The van der Waals surface area contributed by atoms with E-state index in [1.165, 1.54) is 0 Å². The van der Waals surface area contributed by atoms with E-state index in [9.17, 15) is 48.0 Å². The highest BCUT2D eigenvalue weighted by Gasteiger charge is 2.76. The number of hydrogen-bond acceptors (Lipinski definition) is 1. The van der Waals surface area contributed by atoms with Crippen LogP contribution in [0.3, 0.4) is 0 Å². The predicted molar refractivity (Wildman–Crippen MR) is 51.8 cm³/mol. The summed E-state index contributed by atoms with van der Waals surface area (Å²) in [5.41, 5.74) is 0. The summed E-state index contributed by atoms with van der Waals surface area (Å²) in [6.45, 7) is 4.98. The van der Waals surface area contributed by atoms with Gasteiger partial charge in [-0.05, 0) is 19.6 Å². The van der Waals surface area contributed by atoms with Gasteiger partial charge in [0, 0.05) is 0 Å². The van der Waals surface area contributed by atoms with Gasteiger partial charge in [-0.15, -0.1) is 0 Å². The molecular weight excluding hydrogens is 349 g/mol. The first kappa shape index (κ1) is 22.3. The second-order valence-electron chi connectivity index (χ2n) is 4.29. The Morgan fingerprint density at radius 1 is 0.810 bits per heavy atom. The van der Waals surface area contributed by atoms with Gasteiger partial charge in [-0.3, -0.25) is 0 Å². The average molecular weight is 358 g/mol. The van der Waals surface area contributed by atoms with E-state index in [4.69, 9.17) is 0 Å². The van der Waals surface area contributed by atoms with Gasteiger partial charge >= 0.3 is 30.3 Å². The first-order valence-corrected chi connectivity index (χ1v) is 8.12. The van der Waals surface area contributed by atoms with Gasteiger partial charge in [-0.25, -0.2) is 0 Å². The summed E-state index contributed by atoms with van der Waals surface area (Å²) >= 11 is 0. The summed E-state index contributed by atoms with van der Waals surface area (Å²) in [4.78, 5) is 0. The van der Waals surface area contributed by atoms with E-state index in [1.54, 1.807) is 19.6 Å². The van der Waals surface area contributed by atoms with Gasteiger partial charge < -0.3 is 8.84 Å². The summed E-state index contributed by atoms with van der Waals surface area (Å²) < 4.78 is 130. The minimum atomic E-state index is -6.81. The summed E-state index contributed by atoms with van der Waals surface area (Å²) in [5.74, 6) is -6.81. The number of alkyl halides is 7. The van der Waals surface area contributed by atoms with Crippen molar-refractivity contribution in [3.63, 3.8) is 0 Å². The molecule has 0 fully saturated rings. The van der Waals surface area contributed by atoms with Crippen LogP contribution in [0.2, 0.25) is 19.6 Å². The third-order valence-electron chi connectivity index (χ3n) is 1.09. The lowest BCUT2D eigenvalue weighted by Gasteiger charge is -2.26. The molecule has 0 amide bonds. The van der Waals surface area contributed by atoms with Crippen molar-refractivity contribution >= 4 is 8.41 Å². The maximum atomic E-state index is 12.0. The maximum Gasteiger partial charge on any atom is 0.476 e. The number of rotatable bonds is 3. The van der Waals surface area contributed by atoms with E-state index in [1.807, 2.05) is 4.74 Å². The zero-order valence-corrected chi connectivity index (χ0v) is 11.6. The minimum absolute atomic E-state index is 1.66. The summed E-state index contributed by atoms with van der Waals surface area (Å²) in [7, 11) is -2.11. The number of ether oxygens (including phenoxy) is 1. The van der Waals surface area contributed by atoms with Gasteiger partial charge in [0.15, 0.2) is 0 Å². The Morgan fingerprint density at radius 2 is 1.10 bits per heavy atom. The fourth-order valence-corrected chi connectivity index (χ4v) is 0.380. The molecule has 0 radical (unpaired) electrons. The van der Waals surface area contributed by atoms with Gasteiger partial charge in [0.1, 0.15) is 0 Å². The van der Waals surface area contributed by atoms with Crippen molar-refractivity contribution in [1.82, 2.24) is 0 Å². The SMILES string of the molecule is C[Si](C)(C)F.FC(F)=C(F)OC(F)(F)C(F)(F)C(F)(F)F. The molecule has 0 heterocycles. The normalized spacial score (nSPS) is 13.2. The molecule has 21 heavy (non-hydrogen) atoms. The van der Waals surface area contributed by atoms with Gasteiger partial charge in [0.25, 0.3) is 0 Å². The molecule has 0 atom stereocenters. The monoisotopic (exact) mass is 358 g/mol.